The number of nitrogens with one attached hydrogen (secondary N) is 1. The Bertz CT molecular complexity index is 1030. The monoisotopic (exact) mass is 430 g/mol. The molecule has 6 heteroatoms. The van der Waals surface area contributed by atoms with Crippen LogP contribution in [0.15, 0.2) is 70.1 Å². The Kier molecular flexibility index (Phi) is 5.59. The second-order valence-corrected chi connectivity index (χ2v) is 7.21. The van der Waals surface area contributed by atoms with Crippen LogP contribution < -0.4 is 10.9 Å². The maximum absolute atomic E-state index is 12.6. The second-order valence-electron chi connectivity index (χ2n) is 5.89. The molecule has 0 bridgehead atoms. The Balaban J connectivity index is 1.86. The Labute approximate surface area is 164 Å². The molecule has 26 heavy (non-hydrogen) atoms. The van der Waals surface area contributed by atoms with Crippen LogP contribution in [0.2, 0.25) is 5.02 Å². The molecule has 4 nitrogen and oxygen atoms in total. The molecule has 2 aromatic carbocycles. The number of amides is 1. The Hall–Kier alpha value is -2.37. The van der Waals surface area contributed by atoms with Crippen LogP contribution in [0.3, 0.4) is 0 Å². The summed E-state index contributed by atoms with van der Waals surface area (Å²) in [5, 5.41) is 3.46. The van der Waals surface area contributed by atoms with E-state index < -0.39 is 0 Å². The number of nitrogens with zero attached hydrogens (tertiary/aromatic N) is 1. The number of hydrogen-bond acceptors (Lipinski definition) is 2. The number of anilines is 1. The number of hydrogen-bond donors (Lipinski definition) is 1. The lowest BCUT2D eigenvalue weighted by Crippen LogP contribution is -2.22. The van der Waals surface area contributed by atoms with Crippen molar-refractivity contribution in [1.82, 2.24) is 4.57 Å². The average Bonchev–Trinajstić information content (AvgIpc) is 2.61. The smallest absolute Gasteiger partial charge is 0.257 e. The first kappa shape index (κ1) is 18.4. The van der Waals surface area contributed by atoms with Gasteiger partial charge in [0, 0.05) is 27.4 Å². The molecule has 0 fully saturated rings. The first-order chi connectivity index (χ1) is 12.4. The van der Waals surface area contributed by atoms with Gasteiger partial charge in [-0.25, -0.2) is 0 Å². The molecule has 0 saturated heterocycles. The van der Waals surface area contributed by atoms with Crippen LogP contribution in [0.5, 0.6) is 0 Å². The van der Waals surface area contributed by atoms with Gasteiger partial charge in [0.1, 0.15) is 0 Å². The van der Waals surface area contributed by atoms with Crippen molar-refractivity contribution in [3.8, 4) is 0 Å². The topological polar surface area (TPSA) is 51.1 Å². The Morgan fingerprint density at radius 3 is 2.65 bits per heavy atom. The van der Waals surface area contributed by atoms with Crippen molar-refractivity contribution < 1.29 is 4.79 Å². The lowest BCUT2D eigenvalue weighted by atomic mass is 10.2. The van der Waals surface area contributed by atoms with Crippen LogP contribution in [-0.2, 0) is 6.54 Å². The van der Waals surface area contributed by atoms with Crippen LogP contribution in [-0.4, -0.2) is 10.5 Å². The van der Waals surface area contributed by atoms with E-state index in [-0.39, 0.29) is 11.5 Å². The first-order valence-electron chi connectivity index (χ1n) is 7.95. The summed E-state index contributed by atoms with van der Waals surface area (Å²) in [6.07, 6.45) is 1.55. The number of halogens is 2. The molecule has 0 aliphatic rings. The highest BCUT2D eigenvalue weighted by Gasteiger charge is 2.11. The highest BCUT2D eigenvalue weighted by molar-refractivity contribution is 9.10. The predicted octanol–water partition coefficient (Wildman–Crippen LogP) is 4.87. The highest BCUT2D eigenvalue weighted by atomic mass is 79.9. The quantitative estimate of drug-likeness (QED) is 0.640. The van der Waals surface area contributed by atoms with E-state index in [9.17, 15) is 9.59 Å². The molecule has 0 spiro atoms. The summed E-state index contributed by atoms with van der Waals surface area (Å²) in [5.74, 6) is -0.275. The zero-order chi connectivity index (χ0) is 18.7. The van der Waals surface area contributed by atoms with Gasteiger partial charge in [-0.1, -0.05) is 45.7 Å². The standard InChI is InChI=1S/C20H16BrClN2O2/c1-13-10-16(21)7-8-18(13)23-20(26)15-6-9-19(25)24(12-15)11-14-4-2-3-5-17(14)22/h2-10,12H,11H2,1H3,(H,23,26). The lowest BCUT2D eigenvalue weighted by Gasteiger charge is -2.11. The van der Waals surface area contributed by atoms with Crippen molar-refractivity contribution in [2.75, 3.05) is 5.32 Å². The van der Waals surface area contributed by atoms with E-state index in [0.717, 1.165) is 21.3 Å². The third kappa shape index (κ3) is 4.23. The molecule has 0 aliphatic heterocycles. The molecule has 1 amide bonds. The SMILES string of the molecule is Cc1cc(Br)ccc1NC(=O)c1ccc(=O)n(Cc2ccccc2Cl)c1. The molecular formula is C20H16BrClN2O2. The van der Waals surface area contributed by atoms with Crippen molar-refractivity contribution in [3.05, 3.63) is 97.3 Å². The fourth-order valence-corrected chi connectivity index (χ4v) is 3.23. The van der Waals surface area contributed by atoms with Gasteiger partial charge in [-0.05, 0) is 48.4 Å². The number of aryl methyl sites for hydroxylation is 1. The van der Waals surface area contributed by atoms with Gasteiger partial charge >= 0.3 is 0 Å². The largest absolute Gasteiger partial charge is 0.322 e. The number of aromatic nitrogens is 1. The van der Waals surface area contributed by atoms with Gasteiger partial charge in [0.2, 0.25) is 0 Å². The van der Waals surface area contributed by atoms with Gasteiger partial charge < -0.3 is 9.88 Å². The highest BCUT2D eigenvalue weighted by Crippen LogP contribution is 2.21. The number of carbonyl (C=O) groups excluding carboxylic acids is 1. The minimum Gasteiger partial charge on any atom is -0.322 e. The van der Waals surface area contributed by atoms with Gasteiger partial charge in [-0.2, -0.15) is 0 Å². The summed E-state index contributed by atoms with van der Waals surface area (Å²) in [6.45, 7) is 2.22. The van der Waals surface area contributed by atoms with Crippen molar-refractivity contribution in [2.45, 2.75) is 13.5 Å². The normalized spacial score (nSPS) is 10.6. The van der Waals surface area contributed by atoms with Crippen molar-refractivity contribution in [2.24, 2.45) is 0 Å². The summed E-state index contributed by atoms with van der Waals surface area (Å²) >= 11 is 9.57. The van der Waals surface area contributed by atoms with Gasteiger partial charge in [0.15, 0.2) is 0 Å². The minimum absolute atomic E-state index is 0.193. The average molecular weight is 432 g/mol. The summed E-state index contributed by atoms with van der Waals surface area (Å²) < 4.78 is 2.42. The molecule has 1 aromatic heterocycles. The number of benzene rings is 2. The third-order valence-corrected chi connectivity index (χ3v) is 4.84. The van der Waals surface area contributed by atoms with Crippen LogP contribution >= 0.6 is 27.5 Å². The molecule has 1 N–H and O–H groups in total. The minimum atomic E-state index is -0.275. The van der Waals surface area contributed by atoms with Gasteiger partial charge in [0.25, 0.3) is 11.5 Å². The Morgan fingerprint density at radius 1 is 1.15 bits per heavy atom. The van der Waals surface area contributed by atoms with E-state index in [1.807, 2.05) is 43.3 Å². The molecular weight excluding hydrogens is 416 g/mol. The van der Waals surface area contributed by atoms with Crippen molar-refractivity contribution in [3.63, 3.8) is 0 Å². The van der Waals surface area contributed by atoms with E-state index in [4.69, 9.17) is 11.6 Å². The molecule has 3 rings (SSSR count). The predicted molar refractivity (Wildman–Crippen MR) is 108 cm³/mol. The molecule has 0 unspecified atom stereocenters. The van der Waals surface area contributed by atoms with Crippen LogP contribution in [0.1, 0.15) is 21.5 Å². The van der Waals surface area contributed by atoms with Crippen molar-refractivity contribution in [1.29, 1.82) is 0 Å². The molecule has 3 aromatic rings. The maximum atomic E-state index is 12.6. The van der Waals surface area contributed by atoms with E-state index in [0.29, 0.717) is 17.1 Å². The second kappa shape index (κ2) is 7.89. The maximum Gasteiger partial charge on any atom is 0.257 e. The number of rotatable bonds is 4. The van der Waals surface area contributed by atoms with Crippen LogP contribution in [0.4, 0.5) is 5.69 Å². The van der Waals surface area contributed by atoms with E-state index in [2.05, 4.69) is 21.2 Å². The molecule has 0 radical (unpaired) electrons. The van der Waals surface area contributed by atoms with Crippen LogP contribution in [0, 0.1) is 6.92 Å². The summed E-state index contributed by atoms with van der Waals surface area (Å²) in [7, 11) is 0. The summed E-state index contributed by atoms with van der Waals surface area (Å²) in [4.78, 5) is 24.7. The van der Waals surface area contributed by atoms with Crippen molar-refractivity contribution >= 4 is 39.1 Å². The van der Waals surface area contributed by atoms with Gasteiger partial charge in [-0.3, -0.25) is 9.59 Å². The Morgan fingerprint density at radius 2 is 1.92 bits per heavy atom. The summed E-state index contributed by atoms with van der Waals surface area (Å²) in [6, 6.07) is 15.8. The lowest BCUT2D eigenvalue weighted by molar-refractivity contribution is 0.102. The number of pyridine rings is 1. The zero-order valence-corrected chi connectivity index (χ0v) is 16.3. The third-order valence-electron chi connectivity index (χ3n) is 3.98. The summed E-state index contributed by atoms with van der Waals surface area (Å²) in [5.41, 5.74) is 2.69. The van der Waals surface area contributed by atoms with Gasteiger partial charge in [0.05, 0.1) is 12.1 Å². The molecule has 0 atom stereocenters. The molecule has 0 saturated carbocycles. The zero-order valence-electron chi connectivity index (χ0n) is 14.0. The first-order valence-corrected chi connectivity index (χ1v) is 9.12. The van der Waals surface area contributed by atoms with E-state index in [1.165, 1.54) is 16.7 Å². The fourth-order valence-electron chi connectivity index (χ4n) is 2.56. The number of carbonyl (C=O) groups is 1. The molecule has 1 heterocycles. The molecule has 0 aliphatic carbocycles. The molecule has 132 valence electrons. The van der Waals surface area contributed by atoms with Crippen LogP contribution in [0.25, 0.3) is 0 Å². The fraction of sp³-hybridized carbons (Fsp3) is 0.100. The van der Waals surface area contributed by atoms with E-state index >= 15 is 0 Å². The van der Waals surface area contributed by atoms with Gasteiger partial charge in [-0.15, -0.1) is 0 Å². The van der Waals surface area contributed by atoms with E-state index in [1.54, 1.807) is 12.3 Å².